The van der Waals surface area contributed by atoms with Crippen molar-refractivity contribution in [3.8, 4) is 0 Å². The molecule has 0 saturated heterocycles. The second kappa shape index (κ2) is 5.73. The van der Waals surface area contributed by atoms with Gasteiger partial charge in [-0.05, 0) is 49.4 Å². The Balaban J connectivity index is 1.98. The maximum Gasteiger partial charge on any atom is 0.0309 e. The van der Waals surface area contributed by atoms with Crippen LogP contribution >= 0.6 is 0 Å². The minimum atomic E-state index is 0.234. The molecule has 0 aliphatic heterocycles. The van der Waals surface area contributed by atoms with Crippen molar-refractivity contribution < 1.29 is 0 Å². The molecule has 2 aliphatic rings. The van der Waals surface area contributed by atoms with Crippen molar-refractivity contribution in [1.82, 2.24) is 5.32 Å². The molecular weight excluding hydrogens is 232 g/mol. The standard InChI is InChI=1S/C17H34N2/c1-13(2)14-6-5-8-17(10-14,12-18)19-15-7-9-16(3,4)11-15/h13-15,19H,5-12,18H2,1-4H3. The van der Waals surface area contributed by atoms with Gasteiger partial charge in [0, 0.05) is 18.1 Å². The van der Waals surface area contributed by atoms with Crippen LogP contribution in [-0.2, 0) is 0 Å². The van der Waals surface area contributed by atoms with Gasteiger partial charge in [-0.1, -0.05) is 40.5 Å². The van der Waals surface area contributed by atoms with E-state index in [0.29, 0.717) is 11.5 Å². The first kappa shape index (κ1) is 15.3. The van der Waals surface area contributed by atoms with Gasteiger partial charge in [0.1, 0.15) is 0 Å². The van der Waals surface area contributed by atoms with Crippen LogP contribution in [0.3, 0.4) is 0 Å². The lowest BCUT2D eigenvalue weighted by atomic mass is 9.71. The number of rotatable bonds is 4. The molecule has 112 valence electrons. The molecule has 0 aromatic heterocycles. The maximum absolute atomic E-state index is 6.18. The van der Waals surface area contributed by atoms with E-state index in [2.05, 4.69) is 33.0 Å². The number of nitrogens with two attached hydrogens (primary N) is 1. The zero-order valence-corrected chi connectivity index (χ0v) is 13.5. The molecule has 2 fully saturated rings. The zero-order valence-electron chi connectivity index (χ0n) is 13.5. The molecule has 2 rings (SSSR count). The maximum atomic E-state index is 6.18. The third-order valence-corrected chi connectivity index (χ3v) is 5.70. The van der Waals surface area contributed by atoms with Gasteiger partial charge in [0.05, 0.1) is 0 Å². The Labute approximate surface area is 119 Å². The van der Waals surface area contributed by atoms with Crippen LogP contribution in [-0.4, -0.2) is 18.1 Å². The summed E-state index contributed by atoms with van der Waals surface area (Å²) >= 11 is 0. The molecule has 19 heavy (non-hydrogen) atoms. The van der Waals surface area contributed by atoms with E-state index in [9.17, 15) is 0 Å². The Bertz CT molecular complexity index is 298. The first-order valence-electron chi connectivity index (χ1n) is 8.34. The van der Waals surface area contributed by atoms with Gasteiger partial charge >= 0.3 is 0 Å². The molecule has 0 aromatic carbocycles. The highest BCUT2D eigenvalue weighted by atomic mass is 15.0. The summed E-state index contributed by atoms with van der Waals surface area (Å²) in [6, 6.07) is 0.699. The predicted molar refractivity (Wildman–Crippen MR) is 83.1 cm³/mol. The van der Waals surface area contributed by atoms with Gasteiger partial charge < -0.3 is 11.1 Å². The van der Waals surface area contributed by atoms with Crippen molar-refractivity contribution in [2.24, 2.45) is 23.0 Å². The molecule has 3 atom stereocenters. The van der Waals surface area contributed by atoms with Gasteiger partial charge in [0.25, 0.3) is 0 Å². The van der Waals surface area contributed by atoms with Crippen LogP contribution in [0.2, 0.25) is 0 Å². The van der Waals surface area contributed by atoms with E-state index in [1.807, 2.05) is 0 Å². The van der Waals surface area contributed by atoms with Crippen LogP contribution in [0, 0.1) is 17.3 Å². The van der Waals surface area contributed by atoms with Crippen molar-refractivity contribution in [1.29, 1.82) is 0 Å². The van der Waals surface area contributed by atoms with E-state index in [1.165, 1.54) is 44.9 Å². The minimum Gasteiger partial charge on any atom is -0.329 e. The quantitative estimate of drug-likeness (QED) is 0.814. The highest BCUT2D eigenvalue weighted by molar-refractivity contribution is 4.99. The number of hydrogen-bond donors (Lipinski definition) is 2. The Kier molecular flexibility index (Phi) is 4.62. The molecule has 0 bridgehead atoms. The van der Waals surface area contributed by atoms with Crippen LogP contribution in [0.5, 0.6) is 0 Å². The Morgan fingerprint density at radius 3 is 2.42 bits per heavy atom. The first-order valence-corrected chi connectivity index (χ1v) is 8.34. The van der Waals surface area contributed by atoms with Crippen LogP contribution in [0.1, 0.15) is 72.6 Å². The smallest absolute Gasteiger partial charge is 0.0309 e. The summed E-state index contributed by atoms with van der Waals surface area (Å²) in [7, 11) is 0. The summed E-state index contributed by atoms with van der Waals surface area (Å²) in [6.45, 7) is 10.4. The van der Waals surface area contributed by atoms with Gasteiger partial charge in [-0.25, -0.2) is 0 Å². The normalized spacial score (nSPS) is 38.8. The van der Waals surface area contributed by atoms with Gasteiger partial charge in [0.2, 0.25) is 0 Å². The molecule has 0 aromatic rings. The van der Waals surface area contributed by atoms with Gasteiger partial charge in [-0.15, -0.1) is 0 Å². The lowest BCUT2D eigenvalue weighted by molar-refractivity contribution is 0.138. The molecule has 0 heterocycles. The van der Waals surface area contributed by atoms with Crippen molar-refractivity contribution in [3.05, 3.63) is 0 Å². The van der Waals surface area contributed by atoms with Crippen LogP contribution in [0.15, 0.2) is 0 Å². The molecule has 3 unspecified atom stereocenters. The van der Waals surface area contributed by atoms with E-state index in [-0.39, 0.29) is 5.54 Å². The van der Waals surface area contributed by atoms with Crippen molar-refractivity contribution in [2.75, 3.05) is 6.54 Å². The highest BCUT2D eigenvalue weighted by Crippen LogP contribution is 2.41. The van der Waals surface area contributed by atoms with Crippen molar-refractivity contribution in [3.63, 3.8) is 0 Å². The molecule has 2 nitrogen and oxygen atoms in total. The van der Waals surface area contributed by atoms with Crippen LogP contribution < -0.4 is 11.1 Å². The van der Waals surface area contributed by atoms with Crippen LogP contribution in [0.25, 0.3) is 0 Å². The third-order valence-electron chi connectivity index (χ3n) is 5.70. The molecule has 0 spiro atoms. The zero-order chi connectivity index (χ0) is 14.1. The van der Waals surface area contributed by atoms with E-state index >= 15 is 0 Å². The van der Waals surface area contributed by atoms with Gasteiger partial charge in [-0.3, -0.25) is 0 Å². The SMILES string of the molecule is CC(C)C1CCCC(CN)(NC2CCC(C)(C)C2)C1. The molecular formula is C17H34N2. The van der Waals surface area contributed by atoms with Crippen LogP contribution in [0.4, 0.5) is 0 Å². The molecule has 3 N–H and O–H groups in total. The summed E-state index contributed by atoms with van der Waals surface area (Å²) in [4.78, 5) is 0. The summed E-state index contributed by atoms with van der Waals surface area (Å²) < 4.78 is 0. The van der Waals surface area contributed by atoms with Crippen molar-refractivity contribution >= 4 is 0 Å². The van der Waals surface area contributed by atoms with E-state index in [4.69, 9.17) is 5.73 Å². The second-order valence-corrected chi connectivity index (χ2v) is 8.33. The van der Waals surface area contributed by atoms with E-state index in [0.717, 1.165) is 18.4 Å². The minimum absolute atomic E-state index is 0.234. The lowest BCUT2D eigenvalue weighted by Crippen LogP contribution is -2.57. The van der Waals surface area contributed by atoms with E-state index in [1.54, 1.807) is 0 Å². The summed E-state index contributed by atoms with van der Waals surface area (Å²) in [6.07, 6.45) is 9.34. The average Bonchev–Trinajstić information content (AvgIpc) is 2.68. The Hall–Kier alpha value is -0.0800. The van der Waals surface area contributed by atoms with Gasteiger partial charge in [0.15, 0.2) is 0 Å². The number of nitrogens with one attached hydrogen (secondary N) is 1. The molecule has 0 radical (unpaired) electrons. The molecule has 2 heteroatoms. The summed E-state index contributed by atoms with van der Waals surface area (Å²) in [5, 5.41) is 4.00. The third kappa shape index (κ3) is 3.72. The van der Waals surface area contributed by atoms with E-state index < -0.39 is 0 Å². The molecule has 2 saturated carbocycles. The highest BCUT2D eigenvalue weighted by Gasteiger charge is 2.40. The largest absolute Gasteiger partial charge is 0.329 e. The predicted octanol–water partition coefficient (Wildman–Crippen LogP) is 3.70. The fraction of sp³-hybridized carbons (Fsp3) is 1.00. The topological polar surface area (TPSA) is 38.0 Å². The Morgan fingerprint density at radius 1 is 1.16 bits per heavy atom. The Morgan fingerprint density at radius 2 is 1.89 bits per heavy atom. The number of hydrogen-bond acceptors (Lipinski definition) is 2. The first-order chi connectivity index (χ1) is 8.86. The summed E-state index contributed by atoms with van der Waals surface area (Å²) in [5.41, 5.74) is 6.95. The fourth-order valence-electron chi connectivity index (χ4n) is 4.35. The lowest BCUT2D eigenvalue weighted by Gasteiger charge is -2.44. The molecule has 2 aliphatic carbocycles. The average molecular weight is 266 g/mol. The van der Waals surface area contributed by atoms with Crippen molar-refractivity contribution in [2.45, 2.75) is 84.2 Å². The second-order valence-electron chi connectivity index (χ2n) is 8.33. The van der Waals surface area contributed by atoms with Gasteiger partial charge in [-0.2, -0.15) is 0 Å². The monoisotopic (exact) mass is 266 g/mol. The summed E-state index contributed by atoms with van der Waals surface area (Å²) in [5.74, 6) is 1.66. The fourth-order valence-corrected chi connectivity index (χ4v) is 4.35. The molecule has 0 amide bonds.